The van der Waals surface area contributed by atoms with E-state index in [-0.39, 0.29) is 11.8 Å². The summed E-state index contributed by atoms with van der Waals surface area (Å²) in [4.78, 5) is 27.1. The van der Waals surface area contributed by atoms with E-state index in [1.54, 1.807) is 13.2 Å². The maximum absolute atomic E-state index is 12.8. The molecule has 1 aliphatic heterocycles. The van der Waals surface area contributed by atoms with Crippen LogP contribution in [0.1, 0.15) is 28.8 Å². The second kappa shape index (κ2) is 10.4. The van der Waals surface area contributed by atoms with Crippen LogP contribution in [0.2, 0.25) is 0 Å². The molecule has 3 N–H and O–H groups in total. The van der Waals surface area contributed by atoms with Gasteiger partial charge in [-0.15, -0.1) is 0 Å². The minimum Gasteiger partial charge on any atom is -0.384 e. The minimum absolute atomic E-state index is 0.0201. The Morgan fingerprint density at radius 3 is 2.63 bits per heavy atom. The molecule has 0 atom stereocenters. The molecule has 0 bridgehead atoms. The molecular weight excluding hydrogens is 344 g/mol. The summed E-state index contributed by atoms with van der Waals surface area (Å²) in [6.07, 6.45) is 1.53. The van der Waals surface area contributed by atoms with Crippen molar-refractivity contribution in [2.75, 3.05) is 54.0 Å². The lowest BCUT2D eigenvalue weighted by Crippen LogP contribution is -2.49. The van der Waals surface area contributed by atoms with Crippen LogP contribution >= 0.6 is 0 Å². The molecule has 0 aliphatic carbocycles. The molecule has 1 aromatic rings. The number of carbonyl (C=O) groups excluding carboxylic acids is 2. The first-order chi connectivity index (χ1) is 13.0. The average Bonchev–Trinajstić information content (AvgIpc) is 2.67. The van der Waals surface area contributed by atoms with Crippen molar-refractivity contribution < 1.29 is 14.3 Å². The quantitative estimate of drug-likeness (QED) is 0.588. The van der Waals surface area contributed by atoms with E-state index >= 15 is 0 Å². The summed E-state index contributed by atoms with van der Waals surface area (Å²) in [5.74, 6) is -0.0778. The first kappa shape index (κ1) is 21.3. The molecule has 27 heavy (non-hydrogen) atoms. The van der Waals surface area contributed by atoms with Gasteiger partial charge in [-0.05, 0) is 57.7 Å². The predicted octanol–water partition coefficient (Wildman–Crippen LogP) is 0.610. The van der Waals surface area contributed by atoms with Gasteiger partial charge in [-0.1, -0.05) is 12.1 Å². The normalized spacial score (nSPS) is 16.1. The summed E-state index contributed by atoms with van der Waals surface area (Å²) in [7, 11) is 5.57. The van der Waals surface area contributed by atoms with Crippen molar-refractivity contribution in [1.82, 2.24) is 20.9 Å². The molecule has 0 radical (unpaired) electrons. The number of piperidine rings is 1. The zero-order valence-electron chi connectivity index (χ0n) is 16.6. The number of benzene rings is 1. The van der Waals surface area contributed by atoms with Gasteiger partial charge in [-0.2, -0.15) is 0 Å². The molecule has 1 fully saturated rings. The molecule has 2 rings (SSSR count). The monoisotopic (exact) mass is 376 g/mol. The Labute approximate surface area is 161 Å². The van der Waals surface area contributed by atoms with Crippen molar-refractivity contribution in [3.63, 3.8) is 0 Å². The molecule has 2 amide bonds. The highest BCUT2D eigenvalue weighted by atomic mass is 16.5. The van der Waals surface area contributed by atoms with Crippen LogP contribution in [0.4, 0.5) is 0 Å². The predicted molar refractivity (Wildman–Crippen MR) is 106 cm³/mol. The molecule has 7 heteroatoms. The standard InChI is InChI=1S/C20H32N4O3/c1-24(2)12-11-22-18(25)17-6-4-5-16(13-17)14-23-19(26)20(15-27-3)7-9-21-10-8-20/h4-6,13,21H,7-12,14-15H2,1-3H3,(H,22,25)(H,23,26). The smallest absolute Gasteiger partial charge is 0.251 e. The number of nitrogens with zero attached hydrogens (tertiary/aromatic N) is 1. The zero-order chi connectivity index (χ0) is 19.7. The molecular formula is C20H32N4O3. The number of methoxy groups -OCH3 is 1. The SMILES string of the molecule is COCC1(C(=O)NCc2cccc(C(=O)NCCN(C)C)c2)CCNCC1. The van der Waals surface area contributed by atoms with Crippen LogP contribution in [-0.2, 0) is 16.1 Å². The molecule has 0 unspecified atom stereocenters. The van der Waals surface area contributed by atoms with E-state index in [2.05, 4.69) is 16.0 Å². The number of carbonyl (C=O) groups is 2. The lowest BCUT2D eigenvalue weighted by molar-refractivity contribution is -0.136. The number of nitrogens with one attached hydrogen (secondary N) is 3. The van der Waals surface area contributed by atoms with E-state index in [4.69, 9.17) is 4.74 Å². The van der Waals surface area contributed by atoms with Crippen LogP contribution in [0.15, 0.2) is 24.3 Å². The highest BCUT2D eigenvalue weighted by molar-refractivity contribution is 5.94. The van der Waals surface area contributed by atoms with E-state index in [9.17, 15) is 9.59 Å². The van der Waals surface area contributed by atoms with Gasteiger partial charge in [0.15, 0.2) is 0 Å². The molecule has 1 aliphatic rings. The maximum Gasteiger partial charge on any atom is 0.251 e. The van der Waals surface area contributed by atoms with Gasteiger partial charge in [0.1, 0.15) is 0 Å². The van der Waals surface area contributed by atoms with Crippen molar-refractivity contribution in [1.29, 1.82) is 0 Å². The highest BCUT2D eigenvalue weighted by Gasteiger charge is 2.39. The first-order valence-corrected chi connectivity index (χ1v) is 9.47. The maximum atomic E-state index is 12.8. The molecule has 1 saturated heterocycles. The summed E-state index contributed by atoms with van der Waals surface area (Å²) in [5.41, 5.74) is 1.04. The Morgan fingerprint density at radius 1 is 1.22 bits per heavy atom. The van der Waals surface area contributed by atoms with Gasteiger partial charge >= 0.3 is 0 Å². The lowest BCUT2D eigenvalue weighted by Gasteiger charge is -2.35. The average molecular weight is 377 g/mol. The molecule has 1 aromatic carbocycles. The fourth-order valence-corrected chi connectivity index (χ4v) is 3.31. The molecule has 150 valence electrons. The fraction of sp³-hybridized carbons (Fsp3) is 0.600. The van der Waals surface area contributed by atoms with Gasteiger partial charge in [0, 0.05) is 32.3 Å². The Morgan fingerprint density at radius 2 is 1.96 bits per heavy atom. The van der Waals surface area contributed by atoms with E-state index in [0.29, 0.717) is 25.3 Å². The van der Waals surface area contributed by atoms with Crippen LogP contribution < -0.4 is 16.0 Å². The Bertz CT molecular complexity index is 622. The molecule has 0 saturated carbocycles. The largest absolute Gasteiger partial charge is 0.384 e. The van der Waals surface area contributed by atoms with Crippen LogP contribution in [-0.4, -0.2) is 70.7 Å². The van der Waals surface area contributed by atoms with E-state index in [1.807, 2.05) is 37.2 Å². The van der Waals surface area contributed by atoms with Gasteiger partial charge in [0.05, 0.1) is 12.0 Å². The number of hydrogen-bond donors (Lipinski definition) is 3. The molecule has 1 heterocycles. The second-order valence-electron chi connectivity index (χ2n) is 7.41. The lowest BCUT2D eigenvalue weighted by atomic mass is 9.78. The molecule has 0 aromatic heterocycles. The number of likely N-dealkylation sites (N-methyl/N-ethyl adjacent to an activating group) is 1. The van der Waals surface area contributed by atoms with Crippen molar-refractivity contribution in [3.05, 3.63) is 35.4 Å². The number of ether oxygens (including phenoxy) is 1. The summed E-state index contributed by atoms with van der Waals surface area (Å²) in [5, 5.41) is 9.23. The van der Waals surface area contributed by atoms with Crippen LogP contribution in [0, 0.1) is 5.41 Å². The van der Waals surface area contributed by atoms with E-state index in [1.165, 1.54) is 0 Å². The van der Waals surface area contributed by atoms with Gasteiger partial charge in [0.25, 0.3) is 5.91 Å². The second-order valence-corrected chi connectivity index (χ2v) is 7.41. The van der Waals surface area contributed by atoms with Crippen molar-refractivity contribution in [2.45, 2.75) is 19.4 Å². The molecule has 0 spiro atoms. The van der Waals surface area contributed by atoms with Crippen molar-refractivity contribution >= 4 is 11.8 Å². The van der Waals surface area contributed by atoms with Crippen LogP contribution in [0.25, 0.3) is 0 Å². The van der Waals surface area contributed by atoms with Crippen LogP contribution in [0.5, 0.6) is 0 Å². The zero-order valence-corrected chi connectivity index (χ0v) is 16.6. The number of rotatable bonds is 9. The third kappa shape index (κ3) is 6.30. The topological polar surface area (TPSA) is 82.7 Å². The Hall–Kier alpha value is -1.96. The fourth-order valence-electron chi connectivity index (χ4n) is 3.31. The van der Waals surface area contributed by atoms with E-state index < -0.39 is 5.41 Å². The van der Waals surface area contributed by atoms with Crippen molar-refractivity contribution in [3.8, 4) is 0 Å². The molecule has 7 nitrogen and oxygen atoms in total. The summed E-state index contributed by atoms with van der Waals surface area (Å²) in [6.45, 7) is 3.85. The van der Waals surface area contributed by atoms with Gasteiger partial charge in [0.2, 0.25) is 5.91 Å². The highest BCUT2D eigenvalue weighted by Crippen LogP contribution is 2.29. The van der Waals surface area contributed by atoms with E-state index in [0.717, 1.165) is 38.0 Å². The van der Waals surface area contributed by atoms with Gasteiger partial charge in [-0.3, -0.25) is 9.59 Å². The number of amides is 2. The number of hydrogen-bond acceptors (Lipinski definition) is 5. The summed E-state index contributed by atoms with van der Waals surface area (Å²) in [6, 6.07) is 7.38. The van der Waals surface area contributed by atoms with Gasteiger partial charge < -0.3 is 25.6 Å². The Balaban J connectivity index is 1.93. The third-order valence-electron chi connectivity index (χ3n) is 4.95. The Kier molecular flexibility index (Phi) is 8.22. The third-order valence-corrected chi connectivity index (χ3v) is 4.95. The summed E-state index contributed by atoms with van der Waals surface area (Å²) >= 11 is 0. The van der Waals surface area contributed by atoms with Gasteiger partial charge in [-0.25, -0.2) is 0 Å². The minimum atomic E-state index is -0.471. The first-order valence-electron chi connectivity index (χ1n) is 9.47. The summed E-state index contributed by atoms with van der Waals surface area (Å²) < 4.78 is 5.32. The van der Waals surface area contributed by atoms with Crippen LogP contribution in [0.3, 0.4) is 0 Å². The van der Waals surface area contributed by atoms with Crippen molar-refractivity contribution in [2.24, 2.45) is 5.41 Å².